The summed E-state index contributed by atoms with van der Waals surface area (Å²) in [5, 5.41) is 0.341. The second-order valence-corrected chi connectivity index (χ2v) is 8.47. The van der Waals surface area contributed by atoms with Crippen LogP contribution in [0.3, 0.4) is 0 Å². The Morgan fingerprint density at radius 2 is 1.92 bits per heavy atom. The van der Waals surface area contributed by atoms with Crippen LogP contribution < -0.4 is 0 Å². The molecule has 1 atom stereocenters. The van der Waals surface area contributed by atoms with Gasteiger partial charge in [-0.2, -0.15) is 4.31 Å². The monoisotopic (exact) mass is 383 g/mol. The minimum Gasteiger partial charge on any atom is -0.290 e. The summed E-state index contributed by atoms with van der Waals surface area (Å²) in [6, 6.07) is 8.01. The van der Waals surface area contributed by atoms with E-state index in [0.717, 1.165) is 5.56 Å². The number of benzene rings is 1. The summed E-state index contributed by atoms with van der Waals surface area (Å²) in [6.07, 6.45) is 4.59. The molecule has 0 amide bonds. The number of nitrogens with zero attached hydrogens (tertiary/aromatic N) is 3. The number of rotatable bonds is 4. The zero-order valence-electron chi connectivity index (χ0n) is 13.8. The van der Waals surface area contributed by atoms with Crippen molar-refractivity contribution in [3.8, 4) is 0 Å². The molecule has 2 heterocycles. The highest BCUT2D eigenvalue weighted by Gasteiger charge is 2.30. The van der Waals surface area contributed by atoms with Crippen LogP contribution in [0.1, 0.15) is 17.2 Å². The van der Waals surface area contributed by atoms with Crippen molar-refractivity contribution in [1.82, 2.24) is 14.2 Å². The minimum atomic E-state index is -3.22. The van der Waals surface area contributed by atoms with Crippen LogP contribution in [0.15, 0.2) is 42.7 Å². The molecule has 0 N–H and O–H groups in total. The summed E-state index contributed by atoms with van der Waals surface area (Å²) >= 11 is 5.88. The lowest BCUT2D eigenvalue weighted by Gasteiger charge is -2.38. The third-order valence-corrected chi connectivity index (χ3v) is 5.90. The zero-order chi connectivity index (χ0) is 18.0. The van der Waals surface area contributed by atoms with E-state index in [-0.39, 0.29) is 11.9 Å². The predicted octanol–water partition coefficient (Wildman–Crippen LogP) is 2.54. The minimum absolute atomic E-state index is 0.340. The van der Waals surface area contributed by atoms with Gasteiger partial charge in [0.15, 0.2) is 0 Å². The molecule has 0 spiro atoms. The van der Waals surface area contributed by atoms with Gasteiger partial charge in [-0.3, -0.25) is 9.88 Å². The summed E-state index contributed by atoms with van der Waals surface area (Å²) in [5.74, 6) is -0.383. The van der Waals surface area contributed by atoms with Gasteiger partial charge in [-0.25, -0.2) is 12.8 Å². The Labute approximate surface area is 152 Å². The summed E-state index contributed by atoms with van der Waals surface area (Å²) in [5.41, 5.74) is 1.36. The molecule has 134 valence electrons. The Bertz CT molecular complexity index is 840. The molecule has 5 nitrogen and oxygen atoms in total. The largest absolute Gasteiger partial charge is 0.290 e. The van der Waals surface area contributed by atoms with Crippen molar-refractivity contribution in [2.24, 2.45) is 0 Å². The number of aromatic nitrogens is 1. The van der Waals surface area contributed by atoms with Crippen molar-refractivity contribution in [3.63, 3.8) is 0 Å². The highest BCUT2D eigenvalue weighted by Crippen LogP contribution is 2.32. The fourth-order valence-electron chi connectivity index (χ4n) is 3.14. The second kappa shape index (κ2) is 7.37. The van der Waals surface area contributed by atoms with Crippen LogP contribution in [-0.2, 0) is 10.0 Å². The first-order valence-corrected chi connectivity index (χ1v) is 10.1. The van der Waals surface area contributed by atoms with Gasteiger partial charge in [0.25, 0.3) is 0 Å². The van der Waals surface area contributed by atoms with Gasteiger partial charge in [0.05, 0.1) is 12.3 Å². The number of sulfonamides is 1. The van der Waals surface area contributed by atoms with E-state index in [9.17, 15) is 12.8 Å². The first kappa shape index (κ1) is 18.3. The Morgan fingerprint density at radius 3 is 2.48 bits per heavy atom. The molecular weight excluding hydrogens is 365 g/mol. The van der Waals surface area contributed by atoms with Crippen molar-refractivity contribution in [2.75, 3.05) is 32.4 Å². The molecule has 3 rings (SSSR count). The van der Waals surface area contributed by atoms with Crippen molar-refractivity contribution >= 4 is 21.6 Å². The maximum absolute atomic E-state index is 14.6. The maximum Gasteiger partial charge on any atom is 0.211 e. The first-order valence-electron chi connectivity index (χ1n) is 7.90. The van der Waals surface area contributed by atoms with E-state index < -0.39 is 10.0 Å². The quantitative estimate of drug-likeness (QED) is 0.814. The summed E-state index contributed by atoms with van der Waals surface area (Å²) in [7, 11) is -3.22. The molecule has 1 unspecified atom stereocenters. The summed E-state index contributed by atoms with van der Waals surface area (Å²) in [4.78, 5) is 6.22. The lowest BCUT2D eigenvalue weighted by Crippen LogP contribution is -2.49. The van der Waals surface area contributed by atoms with Crippen LogP contribution in [0.2, 0.25) is 5.02 Å². The van der Waals surface area contributed by atoms with E-state index in [1.807, 2.05) is 12.1 Å². The van der Waals surface area contributed by atoms with Crippen molar-refractivity contribution in [2.45, 2.75) is 6.04 Å². The molecular formula is C17H19ClFN3O2S. The number of hydrogen-bond acceptors (Lipinski definition) is 4. The summed E-state index contributed by atoms with van der Waals surface area (Å²) in [6.45, 7) is 1.78. The molecule has 0 saturated carbocycles. The second-order valence-electron chi connectivity index (χ2n) is 6.05. The smallest absolute Gasteiger partial charge is 0.211 e. The van der Waals surface area contributed by atoms with Crippen LogP contribution in [0.5, 0.6) is 0 Å². The van der Waals surface area contributed by atoms with E-state index >= 15 is 0 Å². The lowest BCUT2D eigenvalue weighted by atomic mass is 9.97. The fourth-order valence-corrected chi connectivity index (χ4v) is 4.13. The third kappa shape index (κ3) is 4.17. The van der Waals surface area contributed by atoms with E-state index in [1.165, 1.54) is 16.6 Å². The molecule has 1 saturated heterocycles. The van der Waals surface area contributed by atoms with Crippen molar-refractivity contribution < 1.29 is 12.8 Å². The highest BCUT2D eigenvalue weighted by atomic mass is 35.5. The average Bonchev–Trinajstić information content (AvgIpc) is 2.58. The maximum atomic E-state index is 14.6. The molecule has 1 fully saturated rings. The molecule has 1 aromatic carbocycles. The Balaban J connectivity index is 1.93. The molecule has 0 bridgehead atoms. The van der Waals surface area contributed by atoms with E-state index in [1.54, 1.807) is 24.5 Å². The van der Waals surface area contributed by atoms with E-state index in [2.05, 4.69) is 9.88 Å². The van der Waals surface area contributed by atoms with Crippen LogP contribution in [0, 0.1) is 5.82 Å². The molecule has 0 radical (unpaired) electrons. The third-order valence-electron chi connectivity index (χ3n) is 4.36. The number of hydrogen-bond donors (Lipinski definition) is 0. The van der Waals surface area contributed by atoms with Gasteiger partial charge in [0, 0.05) is 49.2 Å². The number of pyridine rings is 1. The number of halogens is 2. The topological polar surface area (TPSA) is 53.5 Å². The van der Waals surface area contributed by atoms with Gasteiger partial charge in [0.1, 0.15) is 5.82 Å². The van der Waals surface area contributed by atoms with Crippen LogP contribution in [-0.4, -0.2) is 55.0 Å². The Morgan fingerprint density at radius 1 is 1.20 bits per heavy atom. The zero-order valence-corrected chi connectivity index (χ0v) is 15.3. The van der Waals surface area contributed by atoms with Crippen molar-refractivity contribution in [1.29, 1.82) is 0 Å². The normalized spacial score (nSPS) is 18.2. The first-order chi connectivity index (χ1) is 11.9. The summed E-state index contributed by atoms with van der Waals surface area (Å²) < 4.78 is 39.5. The molecule has 1 aliphatic rings. The van der Waals surface area contributed by atoms with Gasteiger partial charge in [-0.1, -0.05) is 23.7 Å². The number of piperazine rings is 1. The van der Waals surface area contributed by atoms with Gasteiger partial charge in [0.2, 0.25) is 10.0 Å². The molecule has 2 aromatic rings. The highest BCUT2D eigenvalue weighted by molar-refractivity contribution is 7.88. The molecule has 0 aliphatic carbocycles. The Kier molecular flexibility index (Phi) is 5.38. The molecule has 1 aliphatic heterocycles. The van der Waals surface area contributed by atoms with E-state index in [4.69, 9.17) is 11.6 Å². The molecule has 25 heavy (non-hydrogen) atoms. The van der Waals surface area contributed by atoms with Crippen molar-refractivity contribution in [3.05, 3.63) is 64.7 Å². The SMILES string of the molecule is CS(=O)(=O)N1CCN(C(c2cccnc2)c2ccc(Cl)cc2F)CC1. The van der Waals surface area contributed by atoms with Gasteiger partial charge < -0.3 is 0 Å². The van der Waals surface area contributed by atoms with Crippen LogP contribution in [0.25, 0.3) is 0 Å². The predicted molar refractivity (Wildman–Crippen MR) is 95.5 cm³/mol. The average molecular weight is 384 g/mol. The van der Waals surface area contributed by atoms with Gasteiger partial charge in [-0.05, 0) is 23.8 Å². The van der Waals surface area contributed by atoms with Crippen LogP contribution in [0.4, 0.5) is 4.39 Å². The lowest BCUT2D eigenvalue weighted by molar-refractivity contribution is 0.154. The molecule has 1 aromatic heterocycles. The standard InChI is InChI=1S/C17H19ClFN3O2S/c1-25(23,24)22-9-7-21(8-10-22)17(13-3-2-6-20-12-13)15-5-4-14(18)11-16(15)19/h2-6,11-12,17H,7-10H2,1H3. The van der Waals surface area contributed by atoms with E-state index in [0.29, 0.717) is 36.8 Å². The van der Waals surface area contributed by atoms with Crippen LogP contribution >= 0.6 is 11.6 Å². The molecule has 8 heteroatoms. The Hall–Kier alpha value is -1.54. The fraction of sp³-hybridized carbons (Fsp3) is 0.353. The van der Waals surface area contributed by atoms with Gasteiger partial charge in [-0.15, -0.1) is 0 Å². The van der Waals surface area contributed by atoms with Gasteiger partial charge >= 0.3 is 0 Å².